The molecule has 0 bridgehead atoms. The van der Waals surface area contributed by atoms with E-state index in [1.165, 1.54) is 5.56 Å². The summed E-state index contributed by atoms with van der Waals surface area (Å²) in [6.45, 7) is 1.54. The van der Waals surface area contributed by atoms with Crippen LogP contribution in [0.3, 0.4) is 0 Å². The van der Waals surface area contributed by atoms with Gasteiger partial charge in [0.15, 0.2) is 0 Å². The van der Waals surface area contributed by atoms with Crippen LogP contribution in [-0.4, -0.2) is 16.9 Å². The van der Waals surface area contributed by atoms with Gasteiger partial charge in [-0.05, 0) is 30.8 Å². The Morgan fingerprint density at radius 3 is 2.72 bits per heavy atom. The molecule has 18 heavy (non-hydrogen) atoms. The number of nitrogen functional groups attached to an aromatic ring is 1. The fraction of sp³-hybridized carbons (Fsp3) is 0.214. The molecule has 2 rings (SSSR count). The highest BCUT2D eigenvalue weighted by Gasteiger charge is 2.08. The lowest BCUT2D eigenvalue weighted by molar-refractivity contribution is 0.319. The van der Waals surface area contributed by atoms with Crippen LogP contribution in [0.1, 0.15) is 11.1 Å². The van der Waals surface area contributed by atoms with Crippen molar-refractivity contribution in [3.8, 4) is 0 Å². The van der Waals surface area contributed by atoms with Crippen molar-refractivity contribution < 1.29 is 0 Å². The van der Waals surface area contributed by atoms with Gasteiger partial charge in [-0.3, -0.25) is 9.88 Å². The van der Waals surface area contributed by atoms with Crippen molar-refractivity contribution in [3.05, 3.63) is 58.9 Å². The van der Waals surface area contributed by atoms with Gasteiger partial charge in [0.05, 0.1) is 0 Å². The maximum Gasteiger partial charge on any atom is 0.0471 e. The van der Waals surface area contributed by atoms with Gasteiger partial charge < -0.3 is 5.73 Å². The Bertz CT molecular complexity index is 493. The fourth-order valence-corrected chi connectivity index (χ4v) is 2.11. The predicted octanol–water partition coefficient (Wildman–Crippen LogP) is 2.95. The van der Waals surface area contributed by atoms with Gasteiger partial charge in [0.25, 0.3) is 0 Å². The molecule has 2 aromatic rings. The Balaban J connectivity index is 2.06. The molecule has 1 heterocycles. The van der Waals surface area contributed by atoms with Crippen LogP contribution in [0, 0.1) is 0 Å². The summed E-state index contributed by atoms with van der Waals surface area (Å²) in [7, 11) is 2.04. The summed E-state index contributed by atoms with van der Waals surface area (Å²) >= 11 is 6.16. The number of rotatable bonds is 4. The number of halogens is 1. The first kappa shape index (κ1) is 12.9. The van der Waals surface area contributed by atoms with E-state index in [2.05, 4.69) is 16.0 Å². The number of benzene rings is 1. The zero-order valence-corrected chi connectivity index (χ0v) is 11.1. The number of nitrogens with two attached hydrogens (primary N) is 1. The molecule has 0 aliphatic rings. The quantitative estimate of drug-likeness (QED) is 0.861. The minimum Gasteiger partial charge on any atom is -0.398 e. The van der Waals surface area contributed by atoms with Crippen LogP contribution in [-0.2, 0) is 13.1 Å². The highest BCUT2D eigenvalue weighted by atomic mass is 35.5. The van der Waals surface area contributed by atoms with E-state index in [1.54, 1.807) is 6.20 Å². The van der Waals surface area contributed by atoms with Crippen LogP contribution in [0.5, 0.6) is 0 Å². The lowest BCUT2D eigenvalue weighted by Crippen LogP contribution is -2.18. The summed E-state index contributed by atoms with van der Waals surface area (Å²) in [6, 6.07) is 9.60. The van der Waals surface area contributed by atoms with Crippen LogP contribution in [0.2, 0.25) is 5.02 Å². The van der Waals surface area contributed by atoms with Crippen LogP contribution < -0.4 is 5.73 Å². The summed E-state index contributed by atoms with van der Waals surface area (Å²) in [5.41, 5.74) is 8.83. The Morgan fingerprint density at radius 2 is 2.06 bits per heavy atom. The molecule has 0 aliphatic heterocycles. The summed E-state index contributed by atoms with van der Waals surface area (Å²) < 4.78 is 0. The third-order valence-electron chi connectivity index (χ3n) is 2.76. The Morgan fingerprint density at radius 1 is 1.22 bits per heavy atom. The first-order chi connectivity index (χ1) is 8.66. The Hall–Kier alpha value is -1.58. The van der Waals surface area contributed by atoms with E-state index >= 15 is 0 Å². The van der Waals surface area contributed by atoms with E-state index in [4.69, 9.17) is 17.3 Å². The van der Waals surface area contributed by atoms with Crippen LogP contribution in [0.25, 0.3) is 0 Å². The van der Waals surface area contributed by atoms with E-state index in [0.717, 1.165) is 24.3 Å². The van der Waals surface area contributed by atoms with Crippen molar-refractivity contribution in [1.82, 2.24) is 9.88 Å². The molecule has 0 unspecified atom stereocenters. The molecule has 2 N–H and O–H groups in total. The zero-order chi connectivity index (χ0) is 13.0. The third-order valence-corrected chi connectivity index (χ3v) is 3.11. The van der Waals surface area contributed by atoms with Gasteiger partial charge in [-0.1, -0.05) is 23.7 Å². The van der Waals surface area contributed by atoms with Crippen LogP contribution in [0.4, 0.5) is 5.69 Å². The van der Waals surface area contributed by atoms with Crippen molar-refractivity contribution in [2.45, 2.75) is 13.1 Å². The number of hydrogen-bond donors (Lipinski definition) is 1. The molecule has 0 aliphatic carbocycles. The summed E-state index contributed by atoms with van der Waals surface area (Å²) in [6.07, 6.45) is 3.64. The lowest BCUT2D eigenvalue weighted by Gasteiger charge is -2.18. The standard InChI is InChI=1S/C14H16ClN3/c1-18(9-11-4-3-7-17-8-11)10-12-13(15)5-2-6-14(12)16/h2-8H,9-10,16H2,1H3. The minimum absolute atomic E-state index is 0.716. The van der Waals surface area contributed by atoms with Gasteiger partial charge in [0.1, 0.15) is 0 Å². The molecule has 4 heteroatoms. The maximum atomic E-state index is 6.16. The topological polar surface area (TPSA) is 42.2 Å². The molecule has 0 atom stereocenters. The second-order valence-corrected chi connectivity index (χ2v) is 4.75. The third kappa shape index (κ3) is 3.22. The molecule has 0 saturated carbocycles. The van der Waals surface area contributed by atoms with Crippen molar-refractivity contribution in [2.24, 2.45) is 0 Å². The smallest absolute Gasteiger partial charge is 0.0471 e. The molecular weight excluding hydrogens is 246 g/mol. The van der Waals surface area contributed by atoms with Crippen LogP contribution in [0.15, 0.2) is 42.7 Å². The molecule has 0 radical (unpaired) electrons. The first-order valence-corrected chi connectivity index (χ1v) is 6.15. The van der Waals surface area contributed by atoms with E-state index in [9.17, 15) is 0 Å². The van der Waals surface area contributed by atoms with E-state index in [1.807, 2.05) is 37.5 Å². The predicted molar refractivity (Wildman–Crippen MR) is 75.3 cm³/mol. The van der Waals surface area contributed by atoms with E-state index in [-0.39, 0.29) is 0 Å². The monoisotopic (exact) mass is 261 g/mol. The summed E-state index contributed by atoms with van der Waals surface area (Å²) in [5.74, 6) is 0. The van der Waals surface area contributed by atoms with Gasteiger partial charge in [-0.2, -0.15) is 0 Å². The summed E-state index contributed by atoms with van der Waals surface area (Å²) in [5, 5.41) is 0.716. The van der Waals surface area contributed by atoms with Gasteiger partial charge in [0.2, 0.25) is 0 Å². The van der Waals surface area contributed by atoms with Gasteiger partial charge in [-0.25, -0.2) is 0 Å². The van der Waals surface area contributed by atoms with Crippen molar-refractivity contribution in [1.29, 1.82) is 0 Å². The molecule has 94 valence electrons. The van der Waals surface area contributed by atoms with Gasteiger partial charge in [-0.15, -0.1) is 0 Å². The summed E-state index contributed by atoms with van der Waals surface area (Å²) in [4.78, 5) is 6.26. The van der Waals surface area contributed by atoms with Crippen LogP contribution >= 0.6 is 11.6 Å². The zero-order valence-electron chi connectivity index (χ0n) is 10.3. The molecule has 0 amide bonds. The molecule has 1 aromatic heterocycles. The molecular formula is C14H16ClN3. The van der Waals surface area contributed by atoms with Crippen molar-refractivity contribution in [2.75, 3.05) is 12.8 Å². The lowest BCUT2D eigenvalue weighted by atomic mass is 10.1. The Kier molecular flexibility index (Phi) is 4.18. The highest BCUT2D eigenvalue weighted by Crippen LogP contribution is 2.23. The average molecular weight is 262 g/mol. The number of anilines is 1. The molecule has 1 aromatic carbocycles. The number of hydrogen-bond acceptors (Lipinski definition) is 3. The molecule has 0 fully saturated rings. The maximum absolute atomic E-state index is 6.16. The first-order valence-electron chi connectivity index (χ1n) is 5.77. The normalized spacial score (nSPS) is 10.8. The number of aromatic nitrogens is 1. The SMILES string of the molecule is CN(Cc1cccnc1)Cc1c(N)cccc1Cl. The van der Waals surface area contributed by atoms with Gasteiger partial charge in [0, 0.05) is 41.8 Å². The van der Waals surface area contributed by atoms with E-state index < -0.39 is 0 Å². The molecule has 0 saturated heterocycles. The average Bonchev–Trinajstić information content (AvgIpc) is 2.35. The van der Waals surface area contributed by atoms with Gasteiger partial charge >= 0.3 is 0 Å². The molecule has 0 spiro atoms. The second kappa shape index (κ2) is 5.85. The fourth-order valence-electron chi connectivity index (χ4n) is 1.87. The van der Waals surface area contributed by atoms with Crippen molar-refractivity contribution in [3.63, 3.8) is 0 Å². The molecule has 3 nitrogen and oxygen atoms in total. The minimum atomic E-state index is 0.716. The highest BCUT2D eigenvalue weighted by molar-refractivity contribution is 6.31. The Labute approximate surface area is 112 Å². The second-order valence-electron chi connectivity index (χ2n) is 4.34. The number of nitrogens with zero attached hydrogens (tertiary/aromatic N) is 2. The number of pyridine rings is 1. The largest absolute Gasteiger partial charge is 0.398 e. The van der Waals surface area contributed by atoms with E-state index in [0.29, 0.717) is 5.02 Å². The van der Waals surface area contributed by atoms with Crippen molar-refractivity contribution >= 4 is 17.3 Å².